The first-order chi connectivity index (χ1) is 7.83. The SMILES string of the molecule is C=C[C@H](c1ccncc1Cl)N1CCNCC1.Cl.Cl. The number of nitrogens with one attached hydrogen (secondary N) is 1. The highest BCUT2D eigenvalue weighted by atomic mass is 35.5. The second-order valence-corrected chi connectivity index (χ2v) is 4.27. The maximum atomic E-state index is 6.16. The number of piperazine rings is 1. The molecule has 2 rings (SSSR count). The van der Waals surface area contributed by atoms with Gasteiger partial charge in [-0.15, -0.1) is 31.4 Å². The predicted octanol–water partition coefficient (Wildman–Crippen LogP) is 2.71. The maximum Gasteiger partial charge on any atom is 0.0640 e. The van der Waals surface area contributed by atoms with Crippen LogP contribution in [0, 0.1) is 0 Å². The van der Waals surface area contributed by atoms with Gasteiger partial charge in [-0.2, -0.15) is 0 Å². The molecule has 0 aliphatic carbocycles. The van der Waals surface area contributed by atoms with E-state index < -0.39 is 0 Å². The van der Waals surface area contributed by atoms with Gasteiger partial charge < -0.3 is 5.32 Å². The summed E-state index contributed by atoms with van der Waals surface area (Å²) in [6.45, 7) is 8.00. The molecule has 2 heterocycles. The van der Waals surface area contributed by atoms with Gasteiger partial charge >= 0.3 is 0 Å². The topological polar surface area (TPSA) is 28.2 Å². The van der Waals surface area contributed by atoms with Gasteiger partial charge in [0.25, 0.3) is 0 Å². The Hall–Kier alpha value is -0.320. The van der Waals surface area contributed by atoms with Crippen LogP contribution < -0.4 is 5.32 Å². The van der Waals surface area contributed by atoms with Crippen molar-refractivity contribution in [2.75, 3.05) is 26.2 Å². The third-order valence-corrected chi connectivity index (χ3v) is 3.21. The second kappa shape index (κ2) is 8.73. The number of nitrogens with zero attached hydrogens (tertiary/aromatic N) is 2. The van der Waals surface area contributed by atoms with Gasteiger partial charge in [0.05, 0.1) is 11.1 Å². The van der Waals surface area contributed by atoms with Crippen LogP contribution in [0.25, 0.3) is 0 Å². The van der Waals surface area contributed by atoms with Gasteiger partial charge in [-0.05, 0) is 11.6 Å². The van der Waals surface area contributed by atoms with Gasteiger partial charge in [0.15, 0.2) is 0 Å². The first-order valence-corrected chi connectivity index (χ1v) is 5.87. The third kappa shape index (κ3) is 4.11. The Morgan fingerprint density at radius 1 is 1.39 bits per heavy atom. The Balaban J connectivity index is 0.00000144. The summed E-state index contributed by atoms with van der Waals surface area (Å²) in [4.78, 5) is 6.39. The summed E-state index contributed by atoms with van der Waals surface area (Å²) >= 11 is 6.16. The van der Waals surface area contributed by atoms with Gasteiger partial charge in [0, 0.05) is 38.6 Å². The Morgan fingerprint density at radius 3 is 2.61 bits per heavy atom. The van der Waals surface area contributed by atoms with E-state index in [-0.39, 0.29) is 30.9 Å². The van der Waals surface area contributed by atoms with Crippen molar-refractivity contribution in [2.24, 2.45) is 0 Å². The van der Waals surface area contributed by atoms with Gasteiger partial charge in [-0.25, -0.2) is 0 Å². The lowest BCUT2D eigenvalue weighted by Crippen LogP contribution is -2.44. The average Bonchev–Trinajstić information content (AvgIpc) is 2.34. The minimum absolute atomic E-state index is 0. The molecule has 0 aromatic carbocycles. The first-order valence-electron chi connectivity index (χ1n) is 5.49. The molecular formula is C12H18Cl3N3. The molecule has 1 N–H and O–H groups in total. The number of aromatic nitrogens is 1. The molecule has 1 aliphatic heterocycles. The number of pyridine rings is 1. The molecule has 1 aromatic rings. The molecule has 0 radical (unpaired) electrons. The zero-order valence-corrected chi connectivity index (χ0v) is 12.4. The summed E-state index contributed by atoms with van der Waals surface area (Å²) in [6.07, 6.45) is 5.42. The fourth-order valence-corrected chi connectivity index (χ4v) is 2.29. The van der Waals surface area contributed by atoms with E-state index in [1.54, 1.807) is 12.4 Å². The maximum absolute atomic E-state index is 6.16. The number of halogens is 3. The fraction of sp³-hybridized carbons (Fsp3) is 0.417. The lowest BCUT2D eigenvalue weighted by molar-refractivity contribution is 0.203. The van der Waals surface area contributed by atoms with Crippen LogP contribution >= 0.6 is 36.4 Å². The zero-order chi connectivity index (χ0) is 11.4. The van der Waals surface area contributed by atoms with Crippen molar-refractivity contribution in [1.29, 1.82) is 0 Å². The van der Waals surface area contributed by atoms with Crippen LogP contribution in [0.5, 0.6) is 0 Å². The molecule has 0 bridgehead atoms. The highest BCUT2D eigenvalue weighted by Crippen LogP contribution is 2.27. The molecule has 18 heavy (non-hydrogen) atoms. The van der Waals surface area contributed by atoms with Crippen molar-refractivity contribution >= 4 is 36.4 Å². The van der Waals surface area contributed by atoms with E-state index in [1.165, 1.54) is 0 Å². The number of rotatable bonds is 3. The zero-order valence-electron chi connectivity index (χ0n) is 10.0. The summed E-state index contributed by atoms with van der Waals surface area (Å²) in [6, 6.07) is 2.16. The largest absolute Gasteiger partial charge is 0.314 e. The Bertz CT molecular complexity index is 367. The van der Waals surface area contributed by atoms with E-state index in [2.05, 4.69) is 21.8 Å². The summed E-state index contributed by atoms with van der Waals surface area (Å²) in [5, 5.41) is 4.05. The van der Waals surface area contributed by atoms with Crippen LogP contribution in [-0.4, -0.2) is 36.1 Å². The van der Waals surface area contributed by atoms with Crippen LogP contribution in [0.2, 0.25) is 5.02 Å². The Kier molecular flexibility index (Phi) is 8.57. The third-order valence-electron chi connectivity index (χ3n) is 2.89. The Morgan fingerprint density at radius 2 is 2.06 bits per heavy atom. The van der Waals surface area contributed by atoms with Crippen LogP contribution in [0.4, 0.5) is 0 Å². The molecule has 0 saturated carbocycles. The highest BCUT2D eigenvalue weighted by Gasteiger charge is 2.20. The molecule has 102 valence electrons. The lowest BCUT2D eigenvalue weighted by atomic mass is 10.1. The van der Waals surface area contributed by atoms with Crippen LogP contribution in [0.1, 0.15) is 11.6 Å². The molecule has 0 unspecified atom stereocenters. The summed E-state index contributed by atoms with van der Waals surface area (Å²) in [5.41, 5.74) is 1.09. The standard InChI is InChI=1S/C12H16ClN3.2ClH/c1-2-12(16-7-5-14-6-8-16)10-3-4-15-9-11(10)13;;/h2-4,9,12,14H,1,5-8H2;2*1H/t12-;;/m1../s1. The van der Waals surface area contributed by atoms with Crippen LogP contribution in [0.3, 0.4) is 0 Å². The van der Waals surface area contributed by atoms with Crippen molar-refractivity contribution in [3.05, 3.63) is 41.7 Å². The number of hydrogen-bond donors (Lipinski definition) is 1. The molecule has 1 aliphatic rings. The van der Waals surface area contributed by atoms with Crippen molar-refractivity contribution < 1.29 is 0 Å². The fourth-order valence-electron chi connectivity index (χ4n) is 2.06. The average molecular weight is 311 g/mol. The van der Waals surface area contributed by atoms with Crippen molar-refractivity contribution in [1.82, 2.24) is 15.2 Å². The monoisotopic (exact) mass is 309 g/mol. The predicted molar refractivity (Wildman–Crippen MR) is 81.1 cm³/mol. The van der Waals surface area contributed by atoms with Gasteiger partial charge in [0.2, 0.25) is 0 Å². The molecule has 1 fully saturated rings. The van der Waals surface area contributed by atoms with E-state index in [0.717, 1.165) is 31.7 Å². The molecule has 0 amide bonds. The first kappa shape index (κ1) is 17.7. The van der Waals surface area contributed by atoms with Crippen LogP contribution in [0.15, 0.2) is 31.1 Å². The number of hydrogen-bond acceptors (Lipinski definition) is 3. The second-order valence-electron chi connectivity index (χ2n) is 3.86. The molecule has 0 spiro atoms. The van der Waals surface area contributed by atoms with Gasteiger partial charge in [-0.1, -0.05) is 17.7 Å². The molecule has 6 heteroatoms. The van der Waals surface area contributed by atoms with Crippen molar-refractivity contribution in [3.8, 4) is 0 Å². The quantitative estimate of drug-likeness (QED) is 0.870. The Labute approximate surface area is 125 Å². The minimum Gasteiger partial charge on any atom is -0.314 e. The van der Waals surface area contributed by atoms with E-state index in [0.29, 0.717) is 5.02 Å². The molecule has 3 nitrogen and oxygen atoms in total. The lowest BCUT2D eigenvalue weighted by Gasteiger charge is -2.33. The molecule has 1 saturated heterocycles. The summed E-state index contributed by atoms with van der Waals surface area (Å²) in [7, 11) is 0. The van der Waals surface area contributed by atoms with E-state index in [4.69, 9.17) is 11.6 Å². The van der Waals surface area contributed by atoms with E-state index >= 15 is 0 Å². The van der Waals surface area contributed by atoms with E-state index in [1.807, 2.05) is 12.1 Å². The van der Waals surface area contributed by atoms with Gasteiger partial charge in [0.1, 0.15) is 0 Å². The van der Waals surface area contributed by atoms with Crippen LogP contribution in [-0.2, 0) is 0 Å². The summed E-state index contributed by atoms with van der Waals surface area (Å²) in [5.74, 6) is 0. The van der Waals surface area contributed by atoms with Crippen molar-refractivity contribution in [3.63, 3.8) is 0 Å². The molecule has 1 atom stereocenters. The minimum atomic E-state index is 0. The highest BCUT2D eigenvalue weighted by molar-refractivity contribution is 6.31. The normalized spacial score (nSPS) is 17.2. The summed E-state index contributed by atoms with van der Waals surface area (Å²) < 4.78 is 0. The molecule has 1 aromatic heterocycles. The van der Waals surface area contributed by atoms with Crippen molar-refractivity contribution in [2.45, 2.75) is 6.04 Å². The van der Waals surface area contributed by atoms with Gasteiger partial charge in [-0.3, -0.25) is 9.88 Å². The molecular weight excluding hydrogens is 293 g/mol. The smallest absolute Gasteiger partial charge is 0.0640 e. The van der Waals surface area contributed by atoms with E-state index in [9.17, 15) is 0 Å².